The van der Waals surface area contributed by atoms with Gasteiger partial charge in [-0.15, -0.1) is 0 Å². The standard InChI is InChI=1S/C11H11N3/c1-2-8-3-4-10-9(5-7-12-10)11(8)14-13-6-1/h1-4,6,12,14H,5,7H2. The fourth-order valence-corrected chi connectivity index (χ4v) is 1.98. The molecule has 70 valence electrons. The Morgan fingerprint density at radius 2 is 2.29 bits per heavy atom. The van der Waals surface area contributed by atoms with Gasteiger partial charge in [-0.05, 0) is 24.1 Å². The predicted molar refractivity (Wildman–Crippen MR) is 59.8 cm³/mol. The molecule has 1 aromatic carbocycles. The van der Waals surface area contributed by atoms with Crippen molar-refractivity contribution in [1.82, 2.24) is 0 Å². The first-order chi connectivity index (χ1) is 6.95. The van der Waals surface area contributed by atoms with Crippen molar-refractivity contribution in [3.63, 3.8) is 0 Å². The van der Waals surface area contributed by atoms with Crippen LogP contribution in [0.15, 0.2) is 23.3 Å². The highest BCUT2D eigenvalue weighted by Gasteiger charge is 2.16. The normalized spacial score (nSPS) is 16.6. The first-order valence-electron chi connectivity index (χ1n) is 4.80. The molecule has 0 aromatic heterocycles. The SMILES string of the molecule is C1=Cc2ccc3c(c2NN=C1)CCN3. The second-order valence-corrected chi connectivity index (χ2v) is 3.48. The van der Waals surface area contributed by atoms with Gasteiger partial charge in [0.15, 0.2) is 0 Å². The third-order valence-corrected chi connectivity index (χ3v) is 2.65. The van der Waals surface area contributed by atoms with Gasteiger partial charge in [0.2, 0.25) is 0 Å². The molecule has 0 fully saturated rings. The molecule has 2 aliphatic rings. The van der Waals surface area contributed by atoms with E-state index in [1.54, 1.807) is 6.21 Å². The largest absolute Gasteiger partial charge is 0.384 e. The van der Waals surface area contributed by atoms with Crippen molar-refractivity contribution in [2.75, 3.05) is 17.3 Å². The number of anilines is 2. The van der Waals surface area contributed by atoms with Crippen LogP contribution in [0.5, 0.6) is 0 Å². The van der Waals surface area contributed by atoms with Crippen molar-refractivity contribution in [3.05, 3.63) is 29.3 Å². The average Bonchev–Trinajstić information content (AvgIpc) is 2.55. The van der Waals surface area contributed by atoms with Gasteiger partial charge in [-0.2, -0.15) is 5.10 Å². The lowest BCUT2D eigenvalue weighted by Crippen LogP contribution is -1.95. The summed E-state index contributed by atoms with van der Waals surface area (Å²) in [6, 6.07) is 4.25. The van der Waals surface area contributed by atoms with Crippen molar-refractivity contribution >= 4 is 23.7 Å². The smallest absolute Gasteiger partial charge is 0.0687 e. The van der Waals surface area contributed by atoms with Gasteiger partial charge in [0.05, 0.1) is 5.69 Å². The van der Waals surface area contributed by atoms with Gasteiger partial charge in [0, 0.05) is 24.0 Å². The van der Waals surface area contributed by atoms with Crippen molar-refractivity contribution in [2.24, 2.45) is 5.10 Å². The summed E-state index contributed by atoms with van der Waals surface area (Å²) in [5.74, 6) is 0. The van der Waals surface area contributed by atoms with Gasteiger partial charge in [0.1, 0.15) is 0 Å². The number of benzene rings is 1. The maximum absolute atomic E-state index is 4.10. The van der Waals surface area contributed by atoms with Gasteiger partial charge < -0.3 is 5.32 Å². The summed E-state index contributed by atoms with van der Waals surface area (Å²) in [5.41, 5.74) is 8.05. The summed E-state index contributed by atoms with van der Waals surface area (Å²) in [5, 5.41) is 7.45. The number of hydrazone groups is 1. The molecule has 0 unspecified atom stereocenters. The summed E-state index contributed by atoms with van der Waals surface area (Å²) in [4.78, 5) is 0. The quantitative estimate of drug-likeness (QED) is 0.649. The van der Waals surface area contributed by atoms with Crippen LogP contribution in [-0.4, -0.2) is 12.8 Å². The lowest BCUT2D eigenvalue weighted by atomic mass is 10.0. The third kappa shape index (κ3) is 1.02. The van der Waals surface area contributed by atoms with E-state index in [2.05, 4.69) is 34.1 Å². The minimum absolute atomic E-state index is 1.03. The second kappa shape index (κ2) is 2.87. The molecule has 0 spiro atoms. The summed E-state index contributed by atoms with van der Waals surface area (Å²) < 4.78 is 0. The molecule has 0 amide bonds. The molecule has 0 bridgehead atoms. The number of nitrogens with zero attached hydrogens (tertiary/aromatic N) is 1. The van der Waals surface area contributed by atoms with Crippen LogP contribution in [0.2, 0.25) is 0 Å². The fourth-order valence-electron chi connectivity index (χ4n) is 1.98. The molecule has 0 saturated heterocycles. The molecule has 1 aromatic rings. The van der Waals surface area contributed by atoms with E-state index < -0.39 is 0 Å². The van der Waals surface area contributed by atoms with Gasteiger partial charge in [-0.3, -0.25) is 5.43 Å². The van der Waals surface area contributed by atoms with Crippen LogP contribution in [0.4, 0.5) is 11.4 Å². The number of rotatable bonds is 0. The van der Waals surface area contributed by atoms with Crippen molar-refractivity contribution < 1.29 is 0 Å². The molecule has 3 nitrogen and oxygen atoms in total. The van der Waals surface area contributed by atoms with Crippen LogP contribution in [0.1, 0.15) is 11.1 Å². The minimum atomic E-state index is 1.03. The molecule has 2 heterocycles. The molecule has 14 heavy (non-hydrogen) atoms. The summed E-state index contributed by atoms with van der Waals surface area (Å²) in [6.45, 7) is 1.03. The van der Waals surface area contributed by atoms with E-state index in [4.69, 9.17) is 0 Å². The topological polar surface area (TPSA) is 36.4 Å². The average molecular weight is 185 g/mol. The Morgan fingerprint density at radius 1 is 1.29 bits per heavy atom. The molecule has 3 heteroatoms. The van der Waals surface area contributed by atoms with Crippen LogP contribution in [0.25, 0.3) is 6.08 Å². The Morgan fingerprint density at radius 3 is 3.29 bits per heavy atom. The number of nitrogens with one attached hydrogen (secondary N) is 2. The van der Waals surface area contributed by atoms with Crippen LogP contribution >= 0.6 is 0 Å². The molecule has 0 aliphatic carbocycles. The number of hydrogen-bond acceptors (Lipinski definition) is 3. The highest BCUT2D eigenvalue weighted by molar-refractivity contribution is 5.87. The molecule has 3 rings (SSSR count). The number of allylic oxidation sites excluding steroid dienone is 1. The zero-order valence-electron chi connectivity index (χ0n) is 7.75. The van der Waals surface area contributed by atoms with Crippen LogP contribution in [0.3, 0.4) is 0 Å². The molecule has 0 saturated carbocycles. The van der Waals surface area contributed by atoms with E-state index in [-0.39, 0.29) is 0 Å². The number of hydrogen-bond donors (Lipinski definition) is 2. The van der Waals surface area contributed by atoms with E-state index in [0.29, 0.717) is 0 Å². The van der Waals surface area contributed by atoms with Crippen LogP contribution in [0, 0.1) is 0 Å². The first kappa shape index (κ1) is 7.62. The molecule has 0 radical (unpaired) electrons. The van der Waals surface area contributed by atoms with E-state index in [1.165, 1.54) is 16.8 Å². The van der Waals surface area contributed by atoms with Crippen molar-refractivity contribution in [2.45, 2.75) is 6.42 Å². The summed E-state index contributed by atoms with van der Waals surface area (Å²) in [7, 11) is 0. The monoisotopic (exact) mass is 185 g/mol. The zero-order chi connectivity index (χ0) is 9.38. The molecule has 2 aliphatic heterocycles. The fraction of sp³-hybridized carbons (Fsp3) is 0.182. The molecule has 0 atom stereocenters. The minimum Gasteiger partial charge on any atom is -0.384 e. The first-order valence-corrected chi connectivity index (χ1v) is 4.80. The molecule has 2 N–H and O–H groups in total. The van der Waals surface area contributed by atoms with Crippen LogP contribution in [-0.2, 0) is 6.42 Å². The highest BCUT2D eigenvalue weighted by atomic mass is 15.3. The summed E-state index contributed by atoms with van der Waals surface area (Å²) >= 11 is 0. The maximum Gasteiger partial charge on any atom is 0.0687 e. The van der Waals surface area contributed by atoms with Crippen LogP contribution < -0.4 is 10.7 Å². The third-order valence-electron chi connectivity index (χ3n) is 2.65. The number of fused-ring (bicyclic) bond motifs is 3. The van der Waals surface area contributed by atoms with Gasteiger partial charge in [-0.25, -0.2) is 0 Å². The Balaban J connectivity index is 2.22. The molecular weight excluding hydrogens is 174 g/mol. The highest BCUT2D eigenvalue weighted by Crippen LogP contribution is 2.33. The lowest BCUT2D eigenvalue weighted by Gasteiger charge is -2.09. The second-order valence-electron chi connectivity index (χ2n) is 3.48. The van der Waals surface area contributed by atoms with Gasteiger partial charge in [0.25, 0.3) is 0 Å². The van der Waals surface area contributed by atoms with Gasteiger partial charge >= 0.3 is 0 Å². The van der Waals surface area contributed by atoms with E-state index in [1.807, 2.05) is 6.08 Å². The maximum atomic E-state index is 4.10. The Bertz CT molecular complexity index is 432. The Labute approximate surface area is 82.5 Å². The summed E-state index contributed by atoms with van der Waals surface area (Å²) in [6.07, 6.45) is 6.88. The Kier molecular flexibility index (Phi) is 1.56. The van der Waals surface area contributed by atoms with Gasteiger partial charge in [-0.1, -0.05) is 12.1 Å². The van der Waals surface area contributed by atoms with Crippen molar-refractivity contribution in [3.8, 4) is 0 Å². The van der Waals surface area contributed by atoms with E-state index in [0.717, 1.165) is 18.7 Å². The zero-order valence-corrected chi connectivity index (χ0v) is 7.75. The van der Waals surface area contributed by atoms with Crippen molar-refractivity contribution in [1.29, 1.82) is 0 Å². The Hall–Kier alpha value is -1.77. The van der Waals surface area contributed by atoms with E-state index in [9.17, 15) is 0 Å². The van der Waals surface area contributed by atoms with E-state index >= 15 is 0 Å². The predicted octanol–water partition coefficient (Wildman–Crippen LogP) is 2.08. The lowest BCUT2D eigenvalue weighted by molar-refractivity contribution is 1.10. The molecular formula is C11H11N3.